The molecular weight excluding hydrogens is 322 g/mol. The molecule has 7 nitrogen and oxygen atoms in total. The Morgan fingerprint density at radius 1 is 1.28 bits per heavy atom. The van der Waals surface area contributed by atoms with Gasteiger partial charge >= 0.3 is 0 Å². The summed E-state index contributed by atoms with van der Waals surface area (Å²) in [6, 6.07) is 9.11. The maximum atomic E-state index is 11.6. The number of nitrogens with two attached hydrogens (primary N) is 1. The molecule has 0 bridgehead atoms. The fourth-order valence-corrected chi connectivity index (χ4v) is 3.50. The number of amides is 1. The molecule has 1 amide bonds. The predicted molar refractivity (Wildman–Crippen MR) is 90.9 cm³/mol. The molecule has 7 heteroatoms. The number of piperidine rings is 1. The first-order valence-corrected chi connectivity index (χ1v) is 8.21. The van der Waals surface area contributed by atoms with Crippen molar-refractivity contribution < 1.29 is 19.4 Å². The van der Waals surface area contributed by atoms with Crippen molar-refractivity contribution in [1.29, 1.82) is 0 Å². The number of fused-ring (bicyclic) bond motifs is 1. The highest BCUT2D eigenvalue weighted by molar-refractivity contribution is 5.97. The Morgan fingerprint density at radius 2 is 2.12 bits per heavy atom. The molecule has 2 aromatic rings. The number of hydrogen-bond acceptors (Lipinski definition) is 6. The van der Waals surface area contributed by atoms with Gasteiger partial charge in [-0.3, -0.25) is 4.79 Å². The van der Waals surface area contributed by atoms with Gasteiger partial charge in [-0.05, 0) is 36.2 Å². The van der Waals surface area contributed by atoms with Gasteiger partial charge in [0.05, 0.1) is 11.7 Å². The van der Waals surface area contributed by atoms with E-state index in [1.165, 1.54) is 0 Å². The molecule has 1 saturated heterocycles. The van der Waals surface area contributed by atoms with E-state index in [2.05, 4.69) is 4.98 Å². The third-order valence-electron chi connectivity index (χ3n) is 4.76. The number of primary amides is 1. The van der Waals surface area contributed by atoms with Crippen molar-refractivity contribution in [3.63, 3.8) is 0 Å². The van der Waals surface area contributed by atoms with Gasteiger partial charge < -0.3 is 25.2 Å². The molecule has 0 spiro atoms. The zero-order chi connectivity index (χ0) is 17.4. The van der Waals surface area contributed by atoms with Crippen LogP contribution in [0.3, 0.4) is 0 Å². The summed E-state index contributed by atoms with van der Waals surface area (Å²) in [6.45, 7) is 1.29. The van der Waals surface area contributed by atoms with Gasteiger partial charge in [-0.2, -0.15) is 0 Å². The van der Waals surface area contributed by atoms with Crippen LogP contribution >= 0.6 is 0 Å². The minimum atomic E-state index is -0.586. The second kappa shape index (κ2) is 6.25. The molecule has 0 aliphatic carbocycles. The van der Waals surface area contributed by atoms with E-state index in [9.17, 15) is 9.90 Å². The summed E-state index contributed by atoms with van der Waals surface area (Å²) in [5.74, 6) is 1.45. The molecule has 0 saturated carbocycles. The van der Waals surface area contributed by atoms with E-state index in [1.807, 2.05) is 23.1 Å². The van der Waals surface area contributed by atoms with E-state index < -0.39 is 12.0 Å². The van der Waals surface area contributed by atoms with Crippen molar-refractivity contribution in [2.75, 3.05) is 24.8 Å². The van der Waals surface area contributed by atoms with Crippen LogP contribution < -0.4 is 20.1 Å². The zero-order valence-corrected chi connectivity index (χ0v) is 13.6. The minimum absolute atomic E-state index is 0.00788. The van der Waals surface area contributed by atoms with Gasteiger partial charge in [0.25, 0.3) is 5.91 Å². The molecule has 25 heavy (non-hydrogen) atoms. The Bertz CT molecular complexity index is 811. The largest absolute Gasteiger partial charge is 0.454 e. The summed E-state index contributed by atoms with van der Waals surface area (Å²) >= 11 is 0. The SMILES string of the molecule is NC(=O)c1cccnc1N1CC[C@@H](c2ccc3c(c2)OCO3)[C@H](O)C1. The summed E-state index contributed by atoms with van der Waals surface area (Å²) in [5.41, 5.74) is 6.82. The quantitative estimate of drug-likeness (QED) is 0.872. The molecule has 3 heterocycles. The number of nitrogens with zero attached hydrogens (tertiary/aromatic N) is 2. The Hall–Kier alpha value is -2.80. The average Bonchev–Trinajstić information content (AvgIpc) is 3.09. The van der Waals surface area contributed by atoms with Crippen LogP contribution in [0.4, 0.5) is 5.82 Å². The lowest BCUT2D eigenvalue weighted by Crippen LogP contribution is -2.44. The topological polar surface area (TPSA) is 97.9 Å². The zero-order valence-electron chi connectivity index (χ0n) is 13.6. The van der Waals surface area contributed by atoms with Crippen molar-refractivity contribution in [2.45, 2.75) is 18.4 Å². The number of carbonyl (C=O) groups is 1. The third kappa shape index (κ3) is 2.87. The van der Waals surface area contributed by atoms with Gasteiger partial charge in [0.15, 0.2) is 11.5 Å². The number of aliphatic hydroxyl groups excluding tert-OH is 1. The lowest BCUT2D eigenvalue weighted by molar-refractivity contribution is 0.0998. The molecule has 1 fully saturated rings. The third-order valence-corrected chi connectivity index (χ3v) is 4.76. The van der Waals surface area contributed by atoms with Crippen LogP contribution in [0, 0.1) is 0 Å². The highest BCUT2D eigenvalue weighted by Crippen LogP contribution is 2.38. The lowest BCUT2D eigenvalue weighted by atomic mass is 9.86. The number of ether oxygens (including phenoxy) is 2. The second-order valence-electron chi connectivity index (χ2n) is 6.26. The normalized spacial score (nSPS) is 22.0. The summed E-state index contributed by atoms with van der Waals surface area (Å²) in [4.78, 5) is 17.8. The van der Waals surface area contributed by atoms with Crippen LogP contribution in [0.2, 0.25) is 0 Å². The number of carbonyl (C=O) groups excluding carboxylic acids is 1. The summed E-state index contributed by atoms with van der Waals surface area (Å²) in [5, 5.41) is 10.7. The van der Waals surface area contributed by atoms with Crippen molar-refractivity contribution >= 4 is 11.7 Å². The average molecular weight is 341 g/mol. The molecule has 2 aliphatic heterocycles. The Balaban J connectivity index is 1.54. The highest BCUT2D eigenvalue weighted by atomic mass is 16.7. The smallest absolute Gasteiger partial charge is 0.252 e. The summed E-state index contributed by atoms with van der Waals surface area (Å²) in [7, 11) is 0. The molecule has 2 atom stereocenters. The van der Waals surface area contributed by atoms with Crippen molar-refractivity contribution in [3.8, 4) is 11.5 Å². The maximum absolute atomic E-state index is 11.6. The minimum Gasteiger partial charge on any atom is -0.454 e. The van der Waals surface area contributed by atoms with Gasteiger partial charge in [-0.15, -0.1) is 0 Å². The van der Waals surface area contributed by atoms with Crippen LogP contribution in [-0.4, -0.2) is 42.0 Å². The van der Waals surface area contributed by atoms with E-state index in [4.69, 9.17) is 15.2 Å². The van der Waals surface area contributed by atoms with E-state index in [0.717, 1.165) is 17.7 Å². The molecule has 2 aliphatic rings. The fraction of sp³-hybridized carbons (Fsp3) is 0.333. The molecule has 1 aromatic heterocycles. The van der Waals surface area contributed by atoms with E-state index in [-0.39, 0.29) is 12.7 Å². The number of aromatic nitrogens is 1. The van der Waals surface area contributed by atoms with Gasteiger partial charge in [0.2, 0.25) is 6.79 Å². The molecular formula is C18H19N3O4. The molecule has 130 valence electrons. The van der Waals surface area contributed by atoms with Crippen molar-refractivity contribution in [2.24, 2.45) is 5.73 Å². The number of benzene rings is 1. The Kier molecular flexibility index (Phi) is 3.93. The monoisotopic (exact) mass is 341 g/mol. The van der Waals surface area contributed by atoms with Gasteiger partial charge in [-0.25, -0.2) is 4.98 Å². The Morgan fingerprint density at radius 3 is 2.92 bits per heavy atom. The van der Waals surface area contributed by atoms with Crippen LogP contribution in [-0.2, 0) is 0 Å². The standard InChI is InChI=1S/C18H19N3O4/c19-17(23)13-2-1-6-20-18(13)21-7-5-12(14(22)9-21)11-3-4-15-16(8-11)25-10-24-15/h1-4,6,8,12,14,22H,5,7,9-10H2,(H2,19,23)/t12-,14+/m0/s1. The number of aliphatic hydroxyl groups is 1. The summed E-state index contributed by atoms with van der Waals surface area (Å²) < 4.78 is 10.8. The molecule has 0 unspecified atom stereocenters. The van der Waals surface area contributed by atoms with Crippen LogP contribution in [0.1, 0.15) is 28.3 Å². The molecule has 1 aromatic carbocycles. The number of pyridine rings is 1. The van der Waals surface area contributed by atoms with E-state index >= 15 is 0 Å². The molecule has 4 rings (SSSR count). The van der Waals surface area contributed by atoms with Gasteiger partial charge in [0.1, 0.15) is 5.82 Å². The van der Waals surface area contributed by atoms with E-state index in [0.29, 0.717) is 30.2 Å². The number of rotatable bonds is 3. The first-order valence-electron chi connectivity index (χ1n) is 8.21. The number of hydrogen-bond donors (Lipinski definition) is 2. The van der Waals surface area contributed by atoms with Gasteiger partial charge in [-0.1, -0.05) is 6.07 Å². The highest BCUT2D eigenvalue weighted by Gasteiger charge is 2.31. The van der Waals surface area contributed by atoms with Crippen LogP contribution in [0.25, 0.3) is 0 Å². The maximum Gasteiger partial charge on any atom is 0.252 e. The fourth-order valence-electron chi connectivity index (χ4n) is 3.50. The first-order chi connectivity index (χ1) is 12.1. The molecule has 3 N–H and O–H groups in total. The van der Waals surface area contributed by atoms with Crippen molar-refractivity contribution in [3.05, 3.63) is 47.7 Å². The number of β-amino-alcohol motifs (C(OH)–C–C–N with tert-alkyl or cyclic N) is 1. The van der Waals surface area contributed by atoms with Crippen LogP contribution in [0.15, 0.2) is 36.5 Å². The Labute approximate surface area is 145 Å². The molecule has 0 radical (unpaired) electrons. The first kappa shape index (κ1) is 15.7. The van der Waals surface area contributed by atoms with Gasteiger partial charge in [0, 0.05) is 25.2 Å². The predicted octanol–water partition coefficient (Wildman–Crippen LogP) is 1.26. The summed E-state index contributed by atoms with van der Waals surface area (Å²) in [6.07, 6.45) is 1.77. The van der Waals surface area contributed by atoms with Crippen LogP contribution in [0.5, 0.6) is 11.5 Å². The second-order valence-corrected chi connectivity index (χ2v) is 6.26. The van der Waals surface area contributed by atoms with E-state index in [1.54, 1.807) is 18.3 Å². The number of anilines is 1. The van der Waals surface area contributed by atoms with Crippen molar-refractivity contribution in [1.82, 2.24) is 4.98 Å². The lowest BCUT2D eigenvalue weighted by Gasteiger charge is -2.37.